The van der Waals surface area contributed by atoms with Crippen molar-refractivity contribution in [3.8, 4) is 0 Å². The Morgan fingerprint density at radius 1 is 1.23 bits per heavy atom. The first-order chi connectivity index (χ1) is 12.5. The van der Waals surface area contributed by atoms with Gasteiger partial charge in [0.1, 0.15) is 0 Å². The zero-order chi connectivity index (χ0) is 18.5. The van der Waals surface area contributed by atoms with Gasteiger partial charge in [0, 0.05) is 5.56 Å². The topological polar surface area (TPSA) is 54.0 Å². The summed E-state index contributed by atoms with van der Waals surface area (Å²) in [4.78, 5) is 16.8. The first kappa shape index (κ1) is 18.5. The number of aromatic nitrogens is 1. The lowest BCUT2D eigenvalue weighted by Gasteiger charge is -2.07. The summed E-state index contributed by atoms with van der Waals surface area (Å²) in [5, 5.41) is 6.65. The predicted molar refractivity (Wildman–Crippen MR) is 113 cm³/mol. The fourth-order valence-electron chi connectivity index (χ4n) is 2.65. The van der Waals surface area contributed by atoms with Gasteiger partial charge in [-0.2, -0.15) is 0 Å². The van der Waals surface area contributed by atoms with Crippen LogP contribution in [0.5, 0.6) is 0 Å². The van der Waals surface area contributed by atoms with E-state index in [9.17, 15) is 4.79 Å². The smallest absolute Gasteiger partial charge is 0.257 e. The molecule has 26 heavy (non-hydrogen) atoms. The summed E-state index contributed by atoms with van der Waals surface area (Å²) >= 11 is 6.79. The quantitative estimate of drug-likeness (QED) is 0.604. The van der Waals surface area contributed by atoms with E-state index in [-0.39, 0.29) is 11.0 Å². The van der Waals surface area contributed by atoms with E-state index in [0.717, 1.165) is 22.2 Å². The second-order valence-electron chi connectivity index (χ2n) is 6.20. The number of unbranched alkanes of at least 4 members (excludes halogenated alkanes) is 1. The Balaban J connectivity index is 1.66. The van der Waals surface area contributed by atoms with Crippen molar-refractivity contribution in [3.05, 3.63) is 59.2 Å². The summed E-state index contributed by atoms with van der Waals surface area (Å²) < 4.78 is 1.12. The van der Waals surface area contributed by atoms with Gasteiger partial charge in [0.05, 0.1) is 10.2 Å². The lowest BCUT2D eigenvalue weighted by Crippen LogP contribution is -2.34. The number of hydrogen-bond donors (Lipinski definition) is 2. The SMILES string of the molecule is CCCCc1ccc2nc(NC(=S)NC(=O)c3cccc(C)c3)sc2c1. The molecule has 0 saturated carbocycles. The van der Waals surface area contributed by atoms with Crippen molar-refractivity contribution < 1.29 is 4.79 Å². The van der Waals surface area contributed by atoms with E-state index in [0.29, 0.717) is 10.7 Å². The molecule has 0 aliphatic carbocycles. The van der Waals surface area contributed by atoms with Gasteiger partial charge in [-0.3, -0.25) is 10.1 Å². The standard InChI is InChI=1S/C20H21N3OS2/c1-3-4-7-14-9-10-16-17(12-14)26-20(21-16)23-19(25)22-18(24)15-8-5-6-13(2)11-15/h5-6,8-12H,3-4,7H2,1-2H3,(H2,21,22,23,24,25). The number of carbonyl (C=O) groups is 1. The van der Waals surface area contributed by atoms with Crippen molar-refractivity contribution in [1.82, 2.24) is 10.3 Å². The van der Waals surface area contributed by atoms with E-state index in [1.165, 1.54) is 29.7 Å². The molecule has 2 N–H and O–H groups in total. The zero-order valence-corrected chi connectivity index (χ0v) is 16.5. The average molecular weight is 384 g/mol. The molecular weight excluding hydrogens is 362 g/mol. The largest absolute Gasteiger partial charge is 0.308 e. The number of hydrogen-bond acceptors (Lipinski definition) is 4. The van der Waals surface area contributed by atoms with Crippen molar-refractivity contribution in [2.45, 2.75) is 33.1 Å². The van der Waals surface area contributed by atoms with E-state index >= 15 is 0 Å². The minimum absolute atomic E-state index is 0.228. The third-order valence-corrected chi connectivity index (χ3v) is 5.14. The van der Waals surface area contributed by atoms with Gasteiger partial charge in [-0.1, -0.05) is 48.4 Å². The highest BCUT2D eigenvalue weighted by Crippen LogP contribution is 2.27. The molecule has 6 heteroatoms. The van der Waals surface area contributed by atoms with Gasteiger partial charge in [0.2, 0.25) is 0 Å². The van der Waals surface area contributed by atoms with Crippen molar-refractivity contribution in [3.63, 3.8) is 0 Å². The number of benzene rings is 2. The molecule has 1 aromatic heterocycles. The number of anilines is 1. The molecule has 134 valence electrons. The lowest BCUT2D eigenvalue weighted by molar-refractivity contribution is 0.0977. The van der Waals surface area contributed by atoms with E-state index in [1.54, 1.807) is 6.07 Å². The van der Waals surface area contributed by atoms with Crippen LogP contribution in [0.15, 0.2) is 42.5 Å². The number of amides is 1. The second kappa shape index (κ2) is 8.38. The molecule has 0 unspecified atom stereocenters. The zero-order valence-electron chi connectivity index (χ0n) is 14.8. The monoisotopic (exact) mass is 383 g/mol. The van der Waals surface area contributed by atoms with Gasteiger partial charge in [0.15, 0.2) is 10.2 Å². The number of thiazole rings is 1. The average Bonchev–Trinajstić information content (AvgIpc) is 3.01. The van der Waals surface area contributed by atoms with Crippen LogP contribution in [0.3, 0.4) is 0 Å². The molecule has 0 radical (unpaired) electrons. The highest BCUT2D eigenvalue weighted by molar-refractivity contribution is 7.80. The van der Waals surface area contributed by atoms with Crippen LogP contribution in [0.1, 0.15) is 41.3 Å². The minimum atomic E-state index is -0.228. The molecule has 2 aromatic carbocycles. The van der Waals surface area contributed by atoms with Crippen LogP contribution in [0, 0.1) is 6.92 Å². The van der Waals surface area contributed by atoms with E-state index in [2.05, 4.69) is 34.7 Å². The fraction of sp³-hybridized carbons (Fsp3) is 0.250. The van der Waals surface area contributed by atoms with Gasteiger partial charge in [0.25, 0.3) is 5.91 Å². The molecule has 0 saturated heterocycles. The summed E-state index contributed by atoms with van der Waals surface area (Å²) in [7, 11) is 0. The highest BCUT2D eigenvalue weighted by Gasteiger charge is 2.10. The third kappa shape index (κ3) is 4.65. The van der Waals surface area contributed by atoms with Crippen molar-refractivity contribution in [2.75, 3.05) is 5.32 Å². The summed E-state index contributed by atoms with van der Waals surface area (Å²) in [6.45, 7) is 4.14. The predicted octanol–water partition coefficient (Wildman–Crippen LogP) is 5.07. The van der Waals surface area contributed by atoms with Crippen molar-refractivity contribution >= 4 is 49.9 Å². The maximum absolute atomic E-state index is 12.3. The number of aryl methyl sites for hydroxylation is 2. The van der Waals surface area contributed by atoms with Crippen LogP contribution in [0.4, 0.5) is 5.13 Å². The number of carbonyl (C=O) groups excluding carboxylic acids is 1. The van der Waals surface area contributed by atoms with Gasteiger partial charge >= 0.3 is 0 Å². The maximum Gasteiger partial charge on any atom is 0.257 e. The highest BCUT2D eigenvalue weighted by atomic mass is 32.1. The molecule has 0 spiro atoms. The summed E-state index contributed by atoms with van der Waals surface area (Å²) in [5.74, 6) is -0.228. The molecule has 0 bridgehead atoms. The Hall–Kier alpha value is -2.31. The third-order valence-electron chi connectivity index (χ3n) is 4.00. The van der Waals surface area contributed by atoms with Gasteiger partial charge < -0.3 is 5.32 Å². The van der Waals surface area contributed by atoms with E-state index in [4.69, 9.17) is 12.2 Å². The number of nitrogens with zero attached hydrogens (tertiary/aromatic N) is 1. The first-order valence-corrected chi connectivity index (χ1v) is 9.86. The molecule has 1 amide bonds. The first-order valence-electron chi connectivity index (χ1n) is 8.63. The molecule has 0 aliphatic heterocycles. The second-order valence-corrected chi connectivity index (χ2v) is 7.64. The number of nitrogens with one attached hydrogen (secondary N) is 2. The fourth-order valence-corrected chi connectivity index (χ4v) is 3.84. The summed E-state index contributed by atoms with van der Waals surface area (Å²) in [6, 6.07) is 13.7. The summed E-state index contributed by atoms with van der Waals surface area (Å²) in [5.41, 5.74) is 3.87. The Morgan fingerprint density at radius 2 is 2.08 bits per heavy atom. The molecule has 1 heterocycles. The van der Waals surface area contributed by atoms with Crippen molar-refractivity contribution in [2.24, 2.45) is 0 Å². The molecule has 0 fully saturated rings. The van der Waals surface area contributed by atoms with Crippen LogP contribution >= 0.6 is 23.6 Å². The Kier molecular flexibility index (Phi) is 5.96. The number of rotatable bonds is 5. The van der Waals surface area contributed by atoms with Crippen LogP contribution in [0.25, 0.3) is 10.2 Å². The van der Waals surface area contributed by atoms with Crippen molar-refractivity contribution in [1.29, 1.82) is 0 Å². The minimum Gasteiger partial charge on any atom is -0.308 e. The van der Waals surface area contributed by atoms with Gasteiger partial charge in [-0.15, -0.1) is 0 Å². The molecule has 0 atom stereocenters. The Morgan fingerprint density at radius 3 is 2.85 bits per heavy atom. The molecule has 3 rings (SSSR count). The van der Waals surface area contributed by atoms with Crippen LogP contribution in [-0.2, 0) is 6.42 Å². The lowest BCUT2D eigenvalue weighted by atomic mass is 10.1. The maximum atomic E-state index is 12.3. The molecule has 3 aromatic rings. The Bertz CT molecular complexity index is 949. The normalized spacial score (nSPS) is 10.7. The van der Waals surface area contributed by atoms with E-state index < -0.39 is 0 Å². The van der Waals surface area contributed by atoms with E-state index in [1.807, 2.05) is 31.2 Å². The molecule has 0 aliphatic rings. The molecular formula is C20H21N3OS2. The van der Waals surface area contributed by atoms with Crippen LogP contribution < -0.4 is 10.6 Å². The van der Waals surface area contributed by atoms with Gasteiger partial charge in [-0.05, 0) is 61.8 Å². The Labute approximate surface area is 162 Å². The molecule has 4 nitrogen and oxygen atoms in total. The van der Waals surface area contributed by atoms with Crippen LogP contribution in [0.2, 0.25) is 0 Å². The van der Waals surface area contributed by atoms with Gasteiger partial charge in [-0.25, -0.2) is 4.98 Å². The number of thiocarbonyl (C=S) groups is 1. The number of fused-ring (bicyclic) bond motifs is 1. The summed E-state index contributed by atoms with van der Waals surface area (Å²) in [6.07, 6.45) is 3.45. The van der Waals surface area contributed by atoms with Crippen LogP contribution in [-0.4, -0.2) is 16.0 Å².